The van der Waals surface area contributed by atoms with Crippen LogP contribution in [0.3, 0.4) is 0 Å². The summed E-state index contributed by atoms with van der Waals surface area (Å²) < 4.78 is 28.0. The molecule has 20 heavy (non-hydrogen) atoms. The molecule has 0 radical (unpaired) electrons. The second-order valence-electron chi connectivity index (χ2n) is 5.82. The van der Waals surface area contributed by atoms with Gasteiger partial charge in [-0.05, 0) is 46.1 Å². The molecule has 2 rings (SSSR count). The van der Waals surface area contributed by atoms with Gasteiger partial charge in [-0.2, -0.15) is 5.10 Å². The number of hydrogen-bond donors (Lipinski definition) is 3. The maximum Gasteiger partial charge on any atom is 0.244 e. The summed E-state index contributed by atoms with van der Waals surface area (Å²) in [6, 6.07) is 0. The number of rotatable bonds is 7. The zero-order valence-electron chi connectivity index (χ0n) is 12.4. The lowest BCUT2D eigenvalue weighted by Gasteiger charge is -2.38. The minimum absolute atomic E-state index is 0.295. The zero-order chi connectivity index (χ0) is 14.8. The first kappa shape index (κ1) is 15.5. The second kappa shape index (κ2) is 5.83. The predicted molar refractivity (Wildman–Crippen MR) is 77.9 cm³/mol. The van der Waals surface area contributed by atoms with Crippen molar-refractivity contribution in [3.05, 3.63) is 11.4 Å². The van der Waals surface area contributed by atoms with Gasteiger partial charge < -0.3 is 5.32 Å². The molecule has 0 saturated heterocycles. The van der Waals surface area contributed by atoms with Crippen LogP contribution in [0.15, 0.2) is 4.90 Å². The lowest BCUT2D eigenvalue weighted by atomic mass is 9.80. The van der Waals surface area contributed by atoms with Crippen molar-refractivity contribution in [3.63, 3.8) is 0 Å². The number of aromatic amines is 1. The maximum atomic E-state index is 12.6. The van der Waals surface area contributed by atoms with Crippen LogP contribution in [-0.4, -0.2) is 30.7 Å². The standard InChI is InChI=1S/C13H24N4O2S/c1-4-8-14-9-11-12(10(2)15-16-11)20(18,19)17-13(3)6-5-7-13/h14,17H,4-9H2,1-3H3,(H,15,16). The van der Waals surface area contributed by atoms with Crippen LogP contribution in [0.4, 0.5) is 0 Å². The van der Waals surface area contributed by atoms with E-state index in [2.05, 4.69) is 27.2 Å². The van der Waals surface area contributed by atoms with E-state index in [-0.39, 0.29) is 5.54 Å². The number of hydrogen-bond acceptors (Lipinski definition) is 4. The first-order valence-electron chi connectivity index (χ1n) is 7.16. The van der Waals surface area contributed by atoms with Crippen molar-refractivity contribution >= 4 is 10.0 Å². The van der Waals surface area contributed by atoms with Crippen LogP contribution >= 0.6 is 0 Å². The zero-order valence-corrected chi connectivity index (χ0v) is 13.2. The summed E-state index contributed by atoms with van der Waals surface area (Å²) in [4.78, 5) is 0.300. The molecule has 0 aromatic carbocycles. The Morgan fingerprint density at radius 3 is 2.65 bits per heavy atom. The molecule has 1 saturated carbocycles. The molecule has 1 aromatic rings. The normalized spacial score (nSPS) is 17.9. The van der Waals surface area contributed by atoms with Crippen molar-refractivity contribution in [3.8, 4) is 0 Å². The van der Waals surface area contributed by atoms with Gasteiger partial charge in [0, 0.05) is 12.1 Å². The quantitative estimate of drug-likeness (QED) is 0.665. The minimum Gasteiger partial charge on any atom is -0.311 e. The minimum atomic E-state index is -3.52. The van der Waals surface area contributed by atoms with Gasteiger partial charge in [-0.1, -0.05) is 6.92 Å². The maximum absolute atomic E-state index is 12.6. The third-order valence-electron chi connectivity index (χ3n) is 3.79. The average Bonchev–Trinajstić information content (AvgIpc) is 2.69. The highest BCUT2D eigenvalue weighted by molar-refractivity contribution is 7.89. The molecule has 1 aliphatic rings. The van der Waals surface area contributed by atoms with Crippen LogP contribution in [0.5, 0.6) is 0 Å². The molecular formula is C13H24N4O2S. The monoisotopic (exact) mass is 300 g/mol. The van der Waals surface area contributed by atoms with Crippen LogP contribution in [0.1, 0.15) is 50.9 Å². The Hall–Kier alpha value is -0.920. The fourth-order valence-electron chi connectivity index (χ4n) is 2.51. The van der Waals surface area contributed by atoms with Crippen LogP contribution in [0, 0.1) is 6.92 Å². The highest BCUT2D eigenvalue weighted by Gasteiger charge is 2.38. The first-order chi connectivity index (χ1) is 9.38. The van der Waals surface area contributed by atoms with E-state index in [9.17, 15) is 8.42 Å². The fraction of sp³-hybridized carbons (Fsp3) is 0.769. The molecule has 1 heterocycles. The fourth-order valence-corrected chi connectivity index (χ4v) is 4.35. The molecule has 6 nitrogen and oxygen atoms in total. The summed E-state index contributed by atoms with van der Waals surface area (Å²) in [6.07, 6.45) is 3.87. The van der Waals surface area contributed by atoms with E-state index < -0.39 is 10.0 Å². The van der Waals surface area contributed by atoms with Crippen molar-refractivity contribution in [2.75, 3.05) is 6.54 Å². The van der Waals surface area contributed by atoms with Crippen molar-refractivity contribution in [2.24, 2.45) is 0 Å². The molecule has 1 aromatic heterocycles. The highest BCUT2D eigenvalue weighted by Crippen LogP contribution is 2.33. The van der Waals surface area contributed by atoms with E-state index in [0.717, 1.165) is 32.2 Å². The Morgan fingerprint density at radius 1 is 1.40 bits per heavy atom. The van der Waals surface area contributed by atoms with E-state index in [1.807, 2.05) is 6.92 Å². The Kier molecular flexibility index (Phi) is 4.51. The molecule has 0 aliphatic heterocycles. The van der Waals surface area contributed by atoms with Crippen molar-refractivity contribution in [2.45, 2.75) is 63.4 Å². The molecule has 7 heteroatoms. The van der Waals surface area contributed by atoms with Gasteiger partial charge in [0.15, 0.2) is 0 Å². The van der Waals surface area contributed by atoms with Gasteiger partial charge in [0.2, 0.25) is 10.0 Å². The molecule has 1 fully saturated rings. The number of nitrogens with one attached hydrogen (secondary N) is 3. The predicted octanol–water partition coefficient (Wildman–Crippen LogP) is 1.44. The molecular weight excluding hydrogens is 276 g/mol. The van der Waals surface area contributed by atoms with E-state index in [1.165, 1.54) is 0 Å². The van der Waals surface area contributed by atoms with E-state index in [4.69, 9.17) is 0 Å². The number of aryl methyl sites for hydroxylation is 1. The van der Waals surface area contributed by atoms with Crippen molar-refractivity contribution in [1.29, 1.82) is 0 Å². The molecule has 0 amide bonds. The summed E-state index contributed by atoms with van der Waals surface area (Å²) >= 11 is 0. The number of nitrogens with zero attached hydrogens (tertiary/aromatic N) is 1. The van der Waals surface area contributed by atoms with Crippen LogP contribution in [0.2, 0.25) is 0 Å². The molecule has 3 N–H and O–H groups in total. The lowest BCUT2D eigenvalue weighted by molar-refractivity contribution is 0.248. The summed E-state index contributed by atoms with van der Waals surface area (Å²) in [5.41, 5.74) is 0.858. The van der Waals surface area contributed by atoms with Crippen molar-refractivity contribution < 1.29 is 8.42 Å². The third kappa shape index (κ3) is 3.21. The Morgan fingerprint density at radius 2 is 2.10 bits per heavy atom. The smallest absolute Gasteiger partial charge is 0.244 e. The largest absolute Gasteiger partial charge is 0.311 e. The molecule has 114 valence electrons. The van der Waals surface area contributed by atoms with E-state index in [0.29, 0.717) is 22.8 Å². The van der Waals surface area contributed by atoms with Gasteiger partial charge in [0.05, 0.1) is 11.4 Å². The van der Waals surface area contributed by atoms with Crippen LogP contribution < -0.4 is 10.0 Å². The number of sulfonamides is 1. The molecule has 0 spiro atoms. The number of aromatic nitrogens is 2. The Labute approximate surface area is 120 Å². The molecule has 1 aliphatic carbocycles. The number of H-pyrrole nitrogens is 1. The first-order valence-corrected chi connectivity index (χ1v) is 8.65. The molecule has 0 bridgehead atoms. The van der Waals surface area contributed by atoms with Crippen LogP contribution in [0.25, 0.3) is 0 Å². The SMILES string of the molecule is CCCNCc1n[nH]c(C)c1S(=O)(=O)NC1(C)CCC1. The van der Waals surface area contributed by atoms with Gasteiger partial charge in [0.25, 0.3) is 0 Å². The highest BCUT2D eigenvalue weighted by atomic mass is 32.2. The third-order valence-corrected chi connectivity index (χ3v) is 5.63. The van der Waals surface area contributed by atoms with Crippen LogP contribution in [-0.2, 0) is 16.6 Å². The lowest BCUT2D eigenvalue weighted by Crippen LogP contribution is -2.51. The average molecular weight is 300 g/mol. The summed E-state index contributed by atoms with van der Waals surface area (Å²) in [5.74, 6) is 0. The summed E-state index contributed by atoms with van der Waals surface area (Å²) in [5, 5.41) is 10.1. The molecule has 0 atom stereocenters. The summed E-state index contributed by atoms with van der Waals surface area (Å²) in [7, 11) is -3.52. The Balaban J connectivity index is 2.19. The topological polar surface area (TPSA) is 86.9 Å². The van der Waals surface area contributed by atoms with Gasteiger partial charge in [-0.25, -0.2) is 13.1 Å². The molecule has 0 unspecified atom stereocenters. The van der Waals surface area contributed by atoms with E-state index in [1.54, 1.807) is 6.92 Å². The van der Waals surface area contributed by atoms with Gasteiger partial charge in [0.1, 0.15) is 4.90 Å². The van der Waals surface area contributed by atoms with Gasteiger partial charge in [-0.3, -0.25) is 5.10 Å². The van der Waals surface area contributed by atoms with Gasteiger partial charge >= 0.3 is 0 Å². The van der Waals surface area contributed by atoms with E-state index >= 15 is 0 Å². The summed E-state index contributed by atoms with van der Waals surface area (Å²) in [6.45, 7) is 7.08. The Bertz CT molecular complexity index is 561. The van der Waals surface area contributed by atoms with Gasteiger partial charge in [-0.15, -0.1) is 0 Å². The van der Waals surface area contributed by atoms with Crippen molar-refractivity contribution in [1.82, 2.24) is 20.2 Å². The second-order valence-corrected chi connectivity index (χ2v) is 7.44.